The molecule has 0 saturated carbocycles. The van der Waals surface area contributed by atoms with Crippen LogP contribution in [-0.2, 0) is 0 Å². The van der Waals surface area contributed by atoms with Crippen LogP contribution in [0.3, 0.4) is 0 Å². The van der Waals surface area contributed by atoms with Gasteiger partial charge in [-0.1, -0.05) is 133 Å². The molecule has 0 aliphatic heterocycles. The molecule has 5 nitrogen and oxygen atoms in total. The summed E-state index contributed by atoms with van der Waals surface area (Å²) in [7, 11) is 0. The van der Waals surface area contributed by atoms with Crippen LogP contribution in [0.2, 0.25) is 0 Å². The fraction of sp³-hybridized carbons (Fsp3) is 0. The molecule has 0 N–H and O–H groups in total. The van der Waals surface area contributed by atoms with Gasteiger partial charge in [0.1, 0.15) is 0 Å². The van der Waals surface area contributed by atoms with Crippen molar-refractivity contribution in [3.63, 3.8) is 0 Å². The minimum absolute atomic E-state index is 0.558. The van der Waals surface area contributed by atoms with E-state index in [-0.39, 0.29) is 0 Å². The van der Waals surface area contributed by atoms with E-state index in [4.69, 9.17) is 15.0 Å². The number of fused-ring (bicyclic) bond motifs is 3. The normalized spacial score (nSPS) is 11.1. The van der Waals surface area contributed by atoms with Gasteiger partial charge in [-0.05, 0) is 64.7 Å². The number of rotatable bonds is 6. The fourth-order valence-corrected chi connectivity index (χ4v) is 6.83. The molecule has 9 rings (SSSR count). The van der Waals surface area contributed by atoms with E-state index in [0.29, 0.717) is 23.0 Å². The van der Waals surface area contributed by atoms with Crippen molar-refractivity contribution in [1.29, 1.82) is 5.26 Å². The molecular weight excluding hydrogens is 623 g/mol. The second-order valence-electron chi connectivity index (χ2n) is 12.4. The van der Waals surface area contributed by atoms with Crippen LogP contribution in [0.15, 0.2) is 176 Å². The van der Waals surface area contributed by atoms with Gasteiger partial charge in [-0.2, -0.15) is 5.26 Å². The van der Waals surface area contributed by atoms with Crippen LogP contribution in [0.1, 0.15) is 5.56 Å². The fourth-order valence-electron chi connectivity index (χ4n) is 6.83. The van der Waals surface area contributed by atoms with Crippen LogP contribution in [0.4, 0.5) is 0 Å². The third kappa shape index (κ3) is 5.51. The molecule has 5 heteroatoms. The summed E-state index contributed by atoms with van der Waals surface area (Å²) in [4.78, 5) is 15.3. The molecule has 51 heavy (non-hydrogen) atoms. The summed E-state index contributed by atoms with van der Waals surface area (Å²) in [5, 5.41) is 12.0. The van der Waals surface area contributed by atoms with Gasteiger partial charge in [0.15, 0.2) is 17.5 Å². The van der Waals surface area contributed by atoms with Crippen LogP contribution in [0.5, 0.6) is 0 Å². The molecule has 2 heterocycles. The third-order valence-corrected chi connectivity index (χ3v) is 9.28. The zero-order valence-electron chi connectivity index (χ0n) is 27.5. The van der Waals surface area contributed by atoms with Gasteiger partial charge in [0.25, 0.3) is 0 Å². The highest BCUT2D eigenvalue weighted by Crippen LogP contribution is 2.39. The van der Waals surface area contributed by atoms with Gasteiger partial charge in [-0.25, -0.2) is 15.0 Å². The lowest BCUT2D eigenvalue weighted by Gasteiger charge is -2.16. The maximum absolute atomic E-state index is 9.70. The molecule has 0 spiro atoms. The lowest BCUT2D eigenvalue weighted by Crippen LogP contribution is -2.04. The number of nitriles is 1. The van der Waals surface area contributed by atoms with Gasteiger partial charge in [-0.15, -0.1) is 0 Å². The molecule has 0 fully saturated rings. The monoisotopic (exact) mass is 651 g/mol. The zero-order valence-corrected chi connectivity index (χ0v) is 27.5. The lowest BCUT2D eigenvalue weighted by molar-refractivity contribution is 1.06. The highest BCUT2D eigenvalue weighted by molar-refractivity contribution is 6.11. The summed E-state index contributed by atoms with van der Waals surface area (Å²) in [6, 6.07) is 62.2. The molecule has 0 radical (unpaired) electrons. The molecular formula is C46H29N5. The maximum atomic E-state index is 9.70. The maximum Gasteiger partial charge on any atom is 0.166 e. The van der Waals surface area contributed by atoms with Crippen LogP contribution in [0, 0.1) is 11.3 Å². The molecule has 0 aliphatic rings. The molecule has 0 atom stereocenters. The average molecular weight is 652 g/mol. The average Bonchev–Trinajstić information content (AvgIpc) is 3.55. The van der Waals surface area contributed by atoms with Crippen molar-refractivity contribution in [2.75, 3.05) is 0 Å². The van der Waals surface area contributed by atoms with E-state index >= 15 is 0 Å². The van der Waals surface area contributed by atoms with Crippen molar-refractivity contribution in [2.24, 2.45) is 0 Å². The van der Waals surface area contributed by atoms with Crippen LogP contribution < -0.4 is 0 Å². The minimum Gasteiger partial charge on any atom is -0.309 e. The van der Waals surface area contributed by atoms with Gasteiger partial charge in [0, 0.05) is 27.5 Å². The van der Waals surface area contributed by atoms with E-state index in [1.807, 2.05) is 91.0 Å². The Hall–Kier alpha value is -7.16. The van der Waals surface area contributed by atoms with Crippen LogP contribution in [-0.4, -0.2) is 19.5 Å². The standard InChI is InChI=1S/C46H29N5/c47-30-31-13-12-20-35(27-31)37-24-26-43(51-41-22-11-10-21-38(41)39-28-36(23-25-42(39)51)32-14-4-1-5-15-32)40(29-37)46-49-44(33-16-6-2-7-17-33)48-45(50-46)34-18-8-3-9-19-34/h1-29H. The van der Waals surface area contributed by atoms with Gasteiger partial charge >= 0.3 is 0 Å². The second kappa shape index (κ2) is 12.7. The Morgan fingerprint density at radius 2 is 0.922 bits per heavy atom. The van der Waals surface area contributed by atoms with Crippen LogP contribution in [0.25, 0.3) is 83.9 Å². The summed E-state index contributed by atoms with van der Waals surface area (Å²) in [5.41, 5.74) is 10.6. The molecule has 9 aromatic rings. The molecule has 2 aromatic heterocycles. The number of para-hydroxylation sites is 1. The first kappa shape index (κ1) is 29.9. The third-order valence-electron chi connectivity index (χ3n) is 9.28. The van der Waals surface area contributed by atoms with Crippen molar-refractivity contribution < 1.29 is 0 Å². The van der Waals surface area contributed by atoms with Gasteiger partial charge in [-0.3, -0.25) is 0 Å². The topological polar surface area (TPSA) is 67.4 Å². The van der Waals surface area contributed by atoms with Gasteiger partial charge in [0.05, 0.1) is 28.4 Å². The molecule has 238 valence electrons. The number of benzene rings is 7. The Morgan fingerprint density at radius 3 is 1.61 bits per heavy atom. The van der Waals surface area contributed by atoms with E-state index in [1.165, 1.54) is 5.56 Å². The first-order chi connectivity index (χ1) is 25.2. The van der Waals surface area contributed by atoms with Crippen molar-refractivity contribution >= 4 is 21.8 Å². The predicted octanol–water partition coefficient (Wildman–Crippen LogP) is 11.2. The summed E-state index contributed by atoms with van der Waals surface area (Å²) >= 11 is 0. The van der Waals surface area contributed by atoms with E-state index in [1.54, 1.807) is 0 Å². The molecule has 0 amide bonds. The highest BCUT2D eigenvalue weighted by atomic mass is 15.1. The molecule has 0 aliphatic carbocycles. The quantitative estimate of drug-likeness (QED) is 0.179. The Labute approximate surface area is 295 Å². The smallest absolute Gasteiger partial charge is 0.166 e. The SMILES string of the molecule is N#Cc1cccc(-c2ccc(-n3c4ccccc4c4cc(-c5ccccc5)ccc43)c(-c3nc(-c4ccccc4)nc(-c4ccccc4)n3)c2)c1. The van der Waals surface area contributed by atoms with E-state index in [2.05, 4.69) is 95.6 Å². The Kier molecular flexibility index (Phi) is 7.46. The van der Waals surface area contributed by atoms with E-state index in [9.17, 15) is 5.26 Å². The minimum atomic E-state index is 0.558. The first-order valence-electron chi connectivity index (χ1n) is 16.8. The second-order valence-corrected chi connectivity index (χ2v) is 12.4. The number of hydrogen-bond donors (Lipinski definition) is 0. The van der Waals surface area contributed by atoms with Gasteiger partial charge < -0.3 is 4.57 Å². The number of hydrogen-bond acceptors (Lipinski definition) is 4. The van der Waals surface area contributed by atoms with Crippen molar-refractivity contribution in [1.82, 2.24) is 19.5 Å². The Balaban J connectivity index is 1.34. The lowest BCUT2D eigenvalue weighted by atomic mass is 9.99. The molecule has 0 saturated heterocycles. The highest BCUT2D eigenvalue weighted by Gasteiger charge is 2.20. The van der Waals surface area contributed by atoms with E-state index < -0.39 is 0 Å². The Morgan fingerprint density at radius 1 is 0.392 bits per heavy atom. The molecule has 0 unspecified atom stereocenters. The van der Waals surface area contributed by atoms with Crippen molar-refractivity contribution in [2.45, 2.75) is 0 Å². The number of aromatic nitrogens is 4. The predicted molar refractivity (Wildman–Crippen MR) is 206 cm³/mol. The van der Waals surface area contributed by atoms with Crippen molar-refractivity contribution in [3.05, 3.63) is 181 Å². The molecule has 0 bridgehead atoms. The Bertz CT molecular complexity index is 2690. The summed E-state index contributed by atoms with van der Waals surface area (Å²) in [6.07, 6.45) is 0. The number of nitrogens with zero attached hydrogens (tertiary/aromatic N) is 5. The summed E-state index contributed by atoms with van der Waals surface area (Å²) in [5.74, 6) is 1.75. The first-order valence-corrected chi connectivity index (χ1v) is 16.8. The van der Waals surface area contributed by atoms with E-state index in [0.717, 1.165) is 60.9 Å². The van der Waals surface area contributed by atoms with Gasteiger partial charge in [0.2, 0.25) is 0 Å². The molecule has 7 aromatic carbocycles. The largest absolute Gasteiger partial charge is 0.309 e. The van der Waals surface area contributed by atoms with Crippen molar-refractivity contribution in [3.8, 4) is 68.2 Å². The summed E-state index contributed by atoms with van der Waals surface area (Å²) < 4.78 is 2.32. The summed E-state index contributed by atoms with van der Waals surface area (Å²) in [6.45, 7) is 0. The zero-order chi connectivity index (χ0) is 34.1. The van der Waals surface area contributed by atoms with Crippen LogP contribution >= 0.6 is 0 Å².